The molecule has 2 aliphatic rings. The number of nitrogens with zero attached hydrogens (tertiary/aromatic N) is 2. The molecular weight excluding hydrogens is 244 g/mol. The average molecular weight is 272 g/mol. The van der Waals surface area contributed by atoms with Crippen LogP contribution in [0.3, 0.4) is 0 Å². The molecule has 0 amide bonds. The van der Waals surface area contributed by atoms with Gasteiger partial charge < -0.3 is 0 Å². The Bertz CT molecular complexity index is 466. The zero-order chi connectivity index (χ0) is 15.0. The number of hydrogen-bond donors (Lipinski definition) is 0. The summed E-state index contributed by atoms with van der Waals surface area (Å²) in [6.07, 6.45) is 8.78. The summed E-state index contributed by atoms with van der Waals surface area (Å²) in [7, 11) is 0. The first-order chi connectivity index (χ1) is 9.15. The minimum absolute atomic E-state index is 0.315. The minimum atomic E-state index is 0.315. The summed E-state index contributed by atoms with van der Waals surface area (Å²) in [6, 6.07) is 0. The second-order valence-corrected chi connectivity index (χ2v) is 8.20. The van der Waals surface area contributed by atoms with Gasteiger partial charge in [-0.05, 0) is 62.5 Å². The molecule has 0 radical (unpaired) electrons. The molecule has 0 aromatic carbocycles. The monoisotopic (exact) mass is 272 g/mol. The third kappa shape index (κ3) is 4.16. The standard InChI is InChI=1S/C18H28N2/c1-13-7-15(11-17(3,4)9-13)19-20-16-8-14(2)10-18(5,6)12-16/h7-8H,9-12H2,1-6H3/b19-15-,20-16+. The van der Waals surface area contributed by atoms with Crippen molar-refractivity contribution in [2.24, 2.45) is 21.0 Å². The Hall–Kier alpha value is -1.18. The van der Waals surface area contributed by atoms with Crippen molar-refractivity contribution in [2.45, 2.75) is 67.2 Å². The zero-order valence-corrected chi connectivity index (χ0v) is 13.9. The predicted octanol–water partition coefficient (Wildman–Crippen LogP) is 5.32. The van der Waals surface area contributed by atoms with E-state index in [-0.39, 0.29) is 0 Å². The van der Waals surface area contributed by atoms with Crippen molar-refractivity contribution in [2.75, 3.05) is 0 Å². The van der Waals surface area contributed by atoms with Crippen molar-refractivity contribution in [1.29, 1.82) is 0 Å². The molecule has 0 saturated heterocycles. The van der Waals surface area contributed by atoms with Crippen LogP contribution in [0.1, 0.15) is 67.2 Å². The average Bonchev–Trinajstić information content (AvgIpc) is 2.20. The lowest BCUT2D eigenvalue weighted by atomic mass is 9.77. The fourth-order valence-electron chi connectivity index (χ4n) is 3.65. The highest BCUT2D eigenvalue weighted by molar-refractivity contribution is 6.00. The van der Waals surface area contributed by atoms with Crippen LogP contribution in [0.5, 0.6) is 0 Å². The molecule has 0 aliphatic heterocycles. The Morgan fingerprint density at radius 1 is 0.700 bits per heavy atom. The lowest BCUT2D eigenvalue weighted by Gasteiger charge is -2.30. The maximum atomic E-state index is 4.54. The van der Waals surface area contributed by atoms with Gasteiger partial charge in [0.2, 0.25) is 0 Å². The lowest BCUT2D eigenvalue weighted by molar-refractivity contribution is 0.371. The van der Waals surface area contributed by atoms with Crippen LogP contribution in [-0.4, -0.2) is 11.4 Å². The molecule has 20 heavy (non-hydrogen) atoms. The van der Waals surface area contributed by atoms with Gasteiger partial charge in [0.1, 0.15) is 0 Å². The van der Waals surface area contributed by atoms with Gasteiger partial charge >= 0.3 is 0 Å². The Labute approximate surface area is 123 Å². The summed E-state index contributed by atoms with van der Waals surface area (Å²) < 4.78 is 0. The SMILES string of the molecule is CC1=C/C(=N\N=C2\C=C(C)CC(C)(C)C2)CC(C)(C)C1. The number of rotatable bonds is 1. The van der Waals surface area contributed by atoms with E-state index in [1.807, 2.05) is 0 Å². The van der Waals surface area contributed by atoms with Crippen molar-refractivity contribution in [3.8, 4) is 0 Å². The maximum Gasteiger partial charge on any atom is 0.0635 e. The van der Waals surface area contributed by atoms with Gasteiger partial charge in [-0.3, -0.25) is 0 Å². The lowest BCUT2D eigenvalue weighted by Crippen LogP contribution is -2.22. The second kappa shape index (κ2) is 5.31. The molecule has 2 rings (SSSR count). The topological polar surface area (TPSA) is 24.7 Å². The summed E-state index contributed by atoms with van der Waals surface area (Å²) >= 11 is 0. The molecule has 2 nitrogen and oxygen atoms in total. The largest absolute Gasteiger partial charge is 0.155 e. The van der Waals surface area contributed by atoms with E-state index in [0.717, 1.165) is 37.1 Å². The molecule has 0 bridgehead atoms. The van der Waals surface area contributed by atoms with E-state index in [1.54, 1.807) is 0 Å². The summed E-state index contributed by atoms with van der Waals surface area (Å²) in [4.78, 5) is 0. The van der Waals surface area contributed by atoms with Crippen molar-refractivity contribution in [1.82, 2.24) is 0 Å². The molecule has 0 atom stereocenters. The third-order valence-electron chi connectivity index (χ3n) is 3.97. The fraction of sp³-hybridized carbons (Fsp3) is 0.667. The first kappa shape index (κ1) is 15.2. The Morgan fingerprint density at radius 3 is 1.35 bits per heavy atom. The summed E-state index contributed by atoms with van der Waals surface area (Å²) in [5.74, 6) is 0. The van der Waals surface area contributed by atoms with Crippen LogP contribution in [0.25, 0.3) is 0 Å². The highest BCUT2D eigenvalue weighted by Gasteiger charge is 2.26. The van der Waals surface area contributed by atoms with E-state index in [0.29, 0.717) is 10.8 Å². The van der Waals surface area contributed by atoms with Crippen molar-refractivity contribution >= 4 is 11.4 Å². The summed E-state index contributed by atoms with van der Waals surface area (Å²) in [6.45, 7) is 13.6. The third-order valence-corrected chi connectivity index (χ3v) is 3.97. The molecule has 2 aliphatic carbocycles. The number of hydrogen-bond acceptors (Lipinski definition) is 2. The summed E-state index contributed by atoms with van der Waals surface area (Å²) in [5, 5.41) is 9.07. The van der Waals surface area contributed by atoms with Crippen LogP contribution in [0.4, 0.5) is 0 Å². The van der Waals surface area contributed by atoms with Gasteiger partial charge in [0.15, 0.2) is 0 Å². The van der Waals surface area contributed by atoms with E-state index in [1.165, 1.54) is 11.1 Å². The van der Waals surface area contributed by atoms with Crippen LogP contribution in [0.2, 0.25) is 0 Å². The molecule has 0 saturated carbocycles. The minimum Gasteiger partial charge on any atom is -0.155 e. The summed E-state index contributed by atoms with van der Waals surface area (Å²) in [5.41, 5.74) is 5.71. The van der Waals surface area contributed by atoms with Gasteiger partial charge in [0.05, 0.1) is 11.4 Å². The van der Waals surface area contributed by atoms with Gasteiger partial charge in [0, 0.05) is 0 Å². The van der Waals surface area contributed by atoms with Gasteiger partial charge in [-0.15, -0.1) is 0 Å². The quantitative estimate of drug-likeness (QED) is 0.577. The van der Waals surface area contributed by atoms with E-state index in [2.05, 4.69) is 63.9 Å². The first-order valence-electron chi connectivity index (χ1n) is 7.63. The van der Waals surface area contributed by atoms with Gasteiger partial charge in [-0.2, -0.15) is 10.2 Å². The van der Waals surface area contributed by atoms with Crippen LogP contribution in [0.15, 0.2) is 33.5 Å². The molecule has 0 heterocycles. The van der Waals surface area contributed by atoms with E-state index in [4.69, 9.17) is 0 Å². The first-order valence-corrected chi connectivity index (χ1v) is 7.63. The normalized spacial score (nSPS) is 29.3. The Kier molecular flexibility index (Phi) is 4.04. The molecule has 0 fully saturated rings. The highest BCUT2D eigenvalue weighted by Crippen LogP contribution is 2.35. The molecule has 0 aromatic heterocycles. The van der Waals surface area contributed by atoms with E-state index < -0.39 is 0 Å². The molecule has 2 heteroatoms. The number of allylic oxidation sites excluding steroid dienone is 4. The van der Waals surface area contributed by atoms with Crippen LogP contribution in [-0.2, 0) is 0 Å². The highest BCUT2D eigenvalue weighted by atomic mass is 15.2. The predicted molar refractivity (Wildman–Crippen MR) is 88.4 cm³/mol. The fourth-order valence-corrected chi connectivity index (χ4v) is 3.65. The van der Waals surface area contributed by atoms with Crippen LogP contribution >= 0.6 is 0 Å². The van der Waals surface area contributed by atoms with E-state index >= 15 is 0 Å². The smallest absolute Gasteiger partial charge is 0.0635 e. The van der Waals surface area contributed by atoms with Crippen molar-refractivity contribution < 1.29 is 0 Å². The molecule has 110 valence electrons. The van der Waals surface area contributed by atoms with Gasteiger partial charge in [-0.1, -0.05) is 38.8 Å². The molecular formula is C18H28N2. The maximum absolute atomic E-state index is 4.54. The zero-order valence-electron chi connectivity index (χ0n) is 13.9. The Balaban J connectivity index is 2.22. The van der Waals surface area contributed by atoms with Gasteiger partial charge in [-0.25, -0.2) is 0 Å². The molecule has 0 aromatic rings. The van der Waals surface area contributed by atoms with Crippen molar-refractivity contribution in [3.63, 3.8) is 0 Å². The van der Waals surface area contributed by atoms with Gasteiger partial charge in [0.25, 0.3) is 0 Å². The second-order valence-electron chi connectivity index (χ2n) is 8.20. The molecule has 0 spiro atoms. The van der Waals surface area contributed by atoms with Crippen LogP contribution in [0, 0.1) is 10.8 Å². The van der Waals surface area contributed by atoms with Crippen molar-refractivity contribution in [3.05, 3.63) is 23.3 Å². The van der Waals surface area contributed by atoms with E-state index in [9.17, 15) is 0 Å². The molecule has 0 N–H and O–H groups in total. The van der Waals surface area contributed by atoms with Crippen LogP contribution < -0.4 is 0 Å². The molecule has 0 unspecified atom stereocenters. The Morgan fingerprint density at radius 2 is 1.05 bits per heavy atom.